The van der Waals surface area contributed by atoms with Gasteiger partial charge in [0.1, 0.15) is 17.1 Å². The first-order valence-electron chi connectivity index (χ1n) is 9.07. The molecule has 3 aliphatic heterocycles. The van der Waals surface area contributed by atoms with E-state index in [1.54, 1.807) is 7.11 Å². The minimum atomic E-state index is 0.0414. The smallest absolute Gasteiger partial charge is 0.127 e. The van der Waals surface area contributed by atoms with Gasteiger partial charge in [-0.1, -0.05) is 6.07 Å². The fourth-order valence-electron chi connectivity index (χ4n) is 4.43. The van der Waals surface area contributed by atoms with Crippen LogP contribution in [0, 0.1) is 0 Å². The Bertz CT molecular complexity index is 552. The van der Waals surface area contributed by atoms with Crippen molar-refractivity contribution in [3.05, 3.63) is 23.8 Å². The van der Waals surface area contributed by atoms with E-state index in [0.29, 0.717) is 0 Å². The van der Waals surface area contributed by atoms with Gasteiger partial charge in [0.2, 0.25) is 0 Å². The number of hydrogen-bond acceptors (Lipinski definition) is 4. The monoisotopic (exact) mass is 316 g/mol. The Labute approximate surface area is 139 Å². The number of methoxy groups -OCH3 is 1. The van der Waals surface area contributed by atoms with Crippen LogP contribution in [0.3, 0.4) is 0 Å². The van der Waals surface area contributed by atoms with Gasteiger partial charge < -0.3 is 9.47 Å². The molecule has 0 N–H and O–H groups in total. The number of nitrogens with zero attached hydrogens (tertiary/aromatic N) is 2. The molecule has 0 saturated carbocycles. The Morgan fingerprint density at radius 1 is 1.04 bits per heavy atom. The Balaban J connectivity index is 1.48. The Hall–Kier alpha value is -1.26. The molecule has 0 aromatic heterocycles. The largest absolute Gasteiger partial charge is 0.496 e. The van der Waals surface area contributed by atoms with E-state index < -0.39 is 0 Å². The van der Waals surface area contributed by atoms with Crippen LogP contribution >= 0.6 is 0 Å². The minimum Gasteiger partial charge on any atom is -0.496 e. The van der Waals surface area contributed by atoms with Crippen molar-refractivity contribution >= 4 is 0 Å². The molecule has 4 heteroatoms. The predicted octanol–water partition coefficient (Wildman–Crippen LogP) is 2.91. The summed E-state index contributed by atoms with van der Waals surface area (Å²) in [6.07, 6.45) is 6.24. The minimum absolute atomic E-state index is 0.0414. The highest BCUT2D eigenvalue weighted by Crippen LogP contribution is 2.37. The summed E-state index contributed by atoms with van der Waals surface area (Å²) in [5.41, 5.74) is 1.32. The zero-order valence-electron chi connectivity index (χ0n) is 14.2. The summed E-state index contributed by atoms with van der Waals surface area (Å²) in [5, 5.41) is 0. The van der Waals surface area contributed by atoms with Gasteiger partial charge in [0.05, 0.1) is 7.11 Å². The van der Waals surface area contributed by atoms with Gasteiger partial charge in [0, 0.05) is 37.7 Å². The second kappa shape index (κ2) is 6.33. The second-order valence-corrected chi connectivity index (χ2v) is 7.37. The Morgan fingerprint density at radius 2 is 1.91 bits per heavy atom. The number of benzene rings is 1. The summed E-state index contributed by atoms with van der Waals surface area (Å²) < 4.78 is 12.1. The summed E-state index contributed by atoms with van der Waals surface area (Å²) in [6, 6.07) is 6.43. The molecule has 1 aromatic carbocycles. The van der Waals surface area contributed by atoms with E-state index in [0.717, 1.165) is 31.0 Å². The first-order chi connectivity index (χ1) is 11.3. The van der Waals surface area contributed by atoms with Gasteiger partial charge in [-0.15, -0.1) is 0 Å². The number of rotatable bonds is 5. The lowest BCUT2D eigenvalue weighted by molar-refractivity contribution is 0.0451. The highest BCUT2D eigenvalue weighted by molar-refractivity contribution is 5.41. The summed E-state index contributed by atoms with van der Waals surface area (Å²) in [5.74, 6) is 1.94. The molecule has 3 heterocycles. The topological polar surface area (TPSA) is 24.9 Å². The molecule has 3 fully saturated rings. The van der Waals surface area contributed by atoms with Crippen molar-refractivity contribution in [2.45, 2.75) is 44.2 Å². The van der Waals surface area contributed by atoms with Crippen LogP contribution in [0.25, 0.3) is 0 Å². The van der Waals surface area contributed by atoms with E-state index >= 15 is 0 Å². The SMILES string of the molecule is COc1cc(OC23CCCN(CC2)C3)ccc1CN1CCCC1. The molecule has 3 aliphatic rings. The average molecular weight is 316 g/mol. The van der Waals surface area contributed by atoms with Gasteiger partial charge in [-0.2, -0.15) is 0 Å². The number of hydrogen-bond donors (Lipinski definition) is 0. The molecule has 126 valence electrons. The molecule has 2 unspecified atom stereocenters. The molecule has 2 atom stereocenters. The van der Waals surface area contributed by atoms with Gasteiger partial charge >= 0.3 is 0 Å². The summed E-state index contributed by atoms with van der Waals surface area (Å²) in [7, 11) is 1.77. The fourth-order valence-corrected chi connectivity index (χ4v) is 4.43. The third-order valence-corrected chi connectivity index (χ3v) is 5.69. The molecule has 0 aliphatic carbocycles. The zero-order valence-corrected chi connectivity index (χ0v) is 14.2. The van der Waals surface area contributed by atoms with E-state index in [2.05, 4.69) is 28.0 Å². The summed E-state index contributed by atoms with van der Waals surface area (Å²) in [6.45, 7) is 6.92. The van der Waals surface area contributed by atoms with Crippen molar-refractivity contribution in [3.63, 3.8) is 0 Å². The van der Waals surface area contributed by atoms with Gasteiger partial charge in [0.25, 0.3) is 0 Å². The van der Waals surface area contributed by atoms with Crippen LogP contribution in [0.1, 0.15) is 37.7 Å². The third-order valence-electron chi connectivity index (χ3n) is 5.69. The molecule has 1 aromatic rings. The molecule has 2 bridgehead atoms. The van der Waals surface area contributed by atoms with Gasteiger partial charge in [-0.3, -0.25) is 9.80 Å². The molecule has 3 saturated heterocycles. The molecule has 23 heavy (non-hydrogen) atoms. The van der Waals surface area contributed by atoms with Crippen LogP contribution in [-0.2, 0) is 6.54 Å². The fraction of sp³-hybridized carbons (Fsp3) is 0.684. The standard InChI is InChI=1S/C19H28N2O2/c1-22-18-13-17(6-5-16(18)14-20-9-2-3-10-20)23-19-7-4-11-21(15-19)12-8-19/h5-6,13H,2-4,7-12,14-15H2,1H3. The van der Waals surface area contributed by atoms with Crippen molar-refractivity contribution in [1.29, 1.82) is 0 Å². The van der Waals surface area contributed by atoms with E-state index in [1.165, 1.54) is 57.4 Å². The van der Waals surface area contributed by atoms with Crippen LogP contribution in [-0.4, -0.2) is 55.2 Å². The van der Waals surface area contributed by atoms with E-state index in [-0.39, 0.29) is 5.60 Å². The van der Waals surface area contributed by atoms with Gasteiger partial charge in [-0.25, -0.2) is 0 Å². The van der Waals surface area contributed by atoms with Crippen LogP contribution in [0.15, 0.2) is 18.2 Å². The summed E-state index contributed by atoms with van der Waals surface area (Å²) in [4.78, 5) is 5.04. The Kier molecular flexibility index (Phi) is 4.20. The van der Waals surface area contributed by atoms with E-state index in [4.69, 9.17) is 9.47 Å². The van der Waals surface area contributed by atoms with Crippen LogP contribution < -0.4 is 9.47 Å². The first kappa shape index (κ1) is 15.3. The maximum Gasteiger partial charge on any atom is 0.127 e. The van der Waals surface area contributed by atoms with Crippen molar-refractivity contribution in [1.82, 2.24) is 9.80 Å². The summed E-state index contributed by atoms with van der Waals surface area (Å²) >= 11 is 0. The first-order valence-corrected chi connectivity index (χ1v) is 9.07. The predicted molar refractivity (Wildman–Crippen MR) is 91.2 cm³/mol. The second-order valence-electron chi connectivity index (χ2n) is 7.37. The average Bonchev–Trinajstić information content (AvgIpc) is 3.17. The molecule has 4 nitrogen and oxygen atoms in total. The Morgan fingerprint density at radius 3 is 2.74 bits per heavy atom. The number of piperidine rings is 1. The van der Waals surface area contributed by atoms with Crippen LogP contribution in [0.4, 0.5) is 0 Å². The highest BCUT2D eigenvalue weighted by atomic mass is 16.5. The molecule has 0 amide bonds. The number of likely N-dealkylation sites (tertiary alicyclic amines) is 1. The molecular formula is C19H28N2O2. The van der Waals surface area contributed by atoms with Crippen LogP contribution in [0.5, 0.6) is 11.5 Å². The van der Waals surface area contributed by atoms with Gasteiger partial charge in [0.15, 0.2) is 0 Å². The maximum absolute atomic E-state index is 6.47. The molecular weight excluding hydrogens is 288 g/mol. The maximum atomic E-state index is 6.47. The molecule has 0 radical (unpaired) electrons. The quantitative estimate of drug-likeness (QED) is 0.834. The lowest BCUT2D eigenvalue weighted by Crippen LogP contribution is -2.43. The van der Waals surface area contributed by atoms with Crippen molar-refractivity contribution in [2.24, 2.45) is 0 Å². The van der Waals surface area contributed by atoms with Crippen molar-refractivity contribution < 1.29 is 9.47 Å². The normalized spacial score (nSPS) is 30.6. The van der Waals surface area contributed by atoms with Crippen molar-refractivity contribution in [2.75, 3.05) is 39.8 Å². The van der Waals surface area contributed by atoms with E-state index in [9.17, 15) is 0 Å². The van der Waals surface area contributed by atoms with Gasteiger partial charge in [-0.05, 0) is 51.4 Å². The van der Waals surface area contributed by atoms with Crippen LogP contribution in [0.2, 0.25) is 0 Å². The molecule has 0 spiro atoms. The zero-order chi connectivity index (χ0) is 15.7. The van der Waals surface area contributed by atoms with E-state index in [1.807, 2.05) is 0 Å². The lowest BCUT2D eigenvalue weighted by atomic mass is 9.94. The van der Waals surface area contributed by atoms with Crippen molar-refractivity contribution in [3.8, 4) is 11.5 Å². The number of fused-ring (bicyclic) bond motifs is 2. The lowest BCUT2D eigenvalue weighted by Gasteiger charge is -2.34. The highest BCUT2D eigenvalue weighted by Gasteiger charge is 2.42. The third kappa shape index (κ3) is 3.20. The molecule has 4 rings (SSSR count). The number of ether oxygens (including phenoxy) is 2.